The monoisotopic (exact) mass is 219 g/mol. The molecule has 84 valence electrons. The van der Waals surface area contributed by atoms with Crippen LogP contribution in [-0.2, 0) is 11.3 Å². The first-order chi connectivity index (χ1) is 7.79. The van der Waals surface area contributed by atoms with Crippen molar-refractivity contribution in [1.82, 2.24) is 10.2 Å². The maximum absolute atomic E-state index is 10.2. The third kappa shape index (κ3) is 5.43. The molecule has 0 fully saturated rings. The second-order valence-electron chi connectivity index (χ2n) is 2.86. The summed E-state index contributed by atoms with van der Waals surface area (Å²) in [4.78, 5) is 10.2. The number of H-pyrrole nitrogens is 1. The van der Waals surface area contributed by atoms with E-state index in [1.165, 1.54) is 0 Å². The highest BCUT2D eigenvalue weighted by Crippen LogP contribution is 1.99. The molecule has 16 heavy (non-hydrogen) atoms. The Morgan fingerprint density at radius 2 is 2.06 bits per heavy atom. The summed E-state index contributed by atoms with van der Waals surface area (Å²) in [6.45, 7) is 0.246. The van der Waals surface area contributed by atoms with Crippen LogP contribution in [0.5, 0.6) is 0 Å². The number of aromatic nitrogens is 2. The van der Waals surface area contributed by atoms with Crippen LogP contribution in [0.3, 0.4) is 0 Å². The maximum atomic E-state index is 10.2. The van der Waals surface area contributed by atoms with Crippen LogP contribution in [0.1, 0.15) is 5.56 Å². The summed E-state index contributed by atoms with van der Waals surface area (Å²) in [6, 6.07) is 11.2. The lowest BCUT2D eigenvalue weighted by Crippen LogP contribution is -2.12. The van der Waals surface area contributed by atoms with E-state index in [0.717, 1.165) is 5.56 Å². The third-order valence-corrected chi connectivity index (χ3v) is 1.63. The van der Waals surface area contributed by atoms with Crippen molar-refractivity contribution in [2.75, 3.05) is 0 Å². The molecule has 0 saturated carbocycles. The van der Waals surface area contributed by atoms with Gasteiger partial charge in [-0.3, -0.25) is 5.10 Å². The van der Waals surface area contributed by atoms with Crippen molar-refractivity contribution in [3.63, 3.8) is 0 Å². The summed E-state index contributed by atoms with van der Waals surface area (Å²) in [5, 5.41) is 6.21. The molecule has 2 rings (SSSR count). The van der Waals surface area contributed by atoms with Crippen LogP contribution in [0, 0.1) is 0 Å². The van der Waals surface area contributed by atoms with Gasteiger partial charge >= 0.3 is 6.09 Å². The molecule has 0 atom stereocenters. The molecule has 1 aromatic heterocycles. The van der Waals surface area contributed by atoms with Gasteiger partial charge in [0.25, 0.3) is 0 Å². The molecule has 5 nitrogen and oxygen atoms in total. The number of aromatic amines is 1. The number of carbonyl (C=O) groups is 1. The zero-order valence-electron chi connectivity index (χ0n) is 8.67. The van der Waals surface area contributed by atoms with E-state index < -0.39 is 6.09 Å². The summed E-state index contributed by atoms with van der Waals surface area (Å²) >= 11 is 0. The zero-order chi connectivity index (χ0) is 11.6. The van der Waals surface area contributed by atoms with E-state index in [4.69, 9.17) is 5.73 Å². The van der Waals surface area contributed by atoms with Crippen molar-refractivity contribution >= 4 is 6.09 Å². The maximum Gasteiger partial charge on any atom is 0.404 e. The van der Waals surface area contributed by atoms with Crippen molar-refractivity contribution in [2.45, 2.75) is 6.61 Å². The number of primary amides is 1. The van der Waals surface area contributed by atoms with Crippen LogP contribution in [0.4, 0.5) is 4.79 Å². The lowest BCUT2D eigenvalue weighted by Gasteiger charge is -1.99. The van der Waals surface area contributed by atoms with Crippen molar-refractivity contribution in [2.24, 2.45) is 5.73 Å². The number of benzene rings is 1. The molecular weight excluding hydrogens is 206 g/mol. The number of hydrogen-bond acceptors (Lipinski definition) is 3. The van der Waals surface area contributed by atoms with Gasteiger partial charge in [-0.1, -0.05) is 30.3 Å². The molecule has 1 aromatic carbocycles. The number of nitrogens with zero attached hydrogens (tertiary/aromatic N) is 1. The van der Waals surface area contributed by atoms with Gasteiger partial charge in [0.05, 0.1) is 0 Å². The van der Waals surface area contributed by atoms with E-state index >= 15 is 0 Å². The first kappa shape index (κ1) is 11.8. The Kier molecular flexibility index (Phi) is 5.19. The number of rotatable bonds is 2. The third-order valence-electron chi connectivity index (χ3n) is 1.63. The predicted octanol–water partition coefficient (Wildman–Crippen LogP) is 1.69. The lowest BCUT2D eigenvalue weighted by atomic mass is 10.2. The smallest absolute Gasteiger partial charge is 0.404 e. The average molecular weight is 219 g/mol. The topological polar surface area (TPSA) is 81.0 Å². The van der Waals surface area contributed by atoms with E-state index in [9.17, 15) is 4.79 Å². The second kappa shape index (κ2) is 7.05. The molecule has 0 aliphatic rings. The minimum atomic E-state index is -0.742. The van der Waals surface area contributed by atoms with E-state index in [1.54, 1.807) is 12.4 Å². The molecule has 0 aliphatic carbocycles. The standard InChI is InChI=1S/C8H9NO2.C3H4N2/c9-8(10)11-6-7-4-2-1-3-5-7;1-2-4-5-3-1/h1-5H,6H2,(H2,9,10);1-3H,(H,4,5). The van der Waals surface area contributed by atoms with Crippen molar-refractivity contribution in [1.29, 1.82) is 0 Å². The Hall–Kier alpha value is -2.30. The van der Waals surface area contributed by atoms with Crippen LogP contribution in [-0.4, -0.2) is 16.3 Å². The molecule has 1 amide bonds. The normalized spacial score (nSPS) is 8.75. The number of hydrogen-bond donors (Lipinski definition) is 2. The highest BCUT2D eigenvalue weighted by molar-refractivity contribution is 5.64. The van der Waals surface area contributed by atoms with Crippen molar-refractivity contribution in [3.05, 3.63) is 54.4 Å². The average Bonchev–Trinajstić information content (AvgIpc) is 2.86. The molecule has 0 saturated heterocycles. The summed E-state index contributed by atoms with van der Waals surface area (Å²) in [7, 11) is 0. The first-order valence-corrected chi connectivity index (χ1v) is 4.69. The molecule has 3 N–H and O–H groups in total. The van der Waals surface area contributed by atoms with E-state index in [2.05, 4.69) is 14.9 Å². The van der Waals surface area contributed by atoms with Gasteiger partial charge in [0.2, 0.25) is 0 Å². The zero-order valence-corrected chi connectivity index (χ0v) is 8.67. The Bertz CT molecular complexity index is 370. The fourth-order valence-corrected chi connectivity index (χ4v) is 0.944. The van der Waals surface area contributed by atoms with E-state index in [1.807, 2.05) is 36.4 Å². The Morgan fingerprint density at radius 1 is 1.31 bits per heavy atom. The fourth-order valence-electron chi connectivity index (χ4n) is 0.944. The molecule has 0 unspecified atom stereocenters. The van der Waals surface area contributed by atoms with Gasteiger partial charge in [0, 0.05) is 12.4 Å². The van der Waals surface area contributed by atoms with Gasteiger partial charge < -0.3 is 10.5 Å². The Labute approximate surface area is 93.2 Å². The molecule has 2 aromatic rings. The quantitative estimate of drug-likeness (QED) is 0.806. The second-order valence-corrected chi connectivity index (χ2v) is 2.86. The van der Waals surface area contributed by atoms with Gasteiger partial charge in [0.15, 0.2) is 0 Å². The number of carbonyl (C=O) groups excluding carboxylic acids is 1. The highest BCUT2D eigenvalue weighted by atomic mass is 16.5. The number of nitrogens with one attached hydrogen (secondary N) is 1. The fraction of sp³-hybridized carbons (Fsp3) is 0.0909. The van der Waals surface area contributed by atoms with Crippen LogP contribution in [0.15, 0.2) is 48.8 Å². The molecule has 0 spiro atoms. The van der Waals surface area contributed by atoms with Crippen LogP contribution < -0.4 is 5.73 Å². The lowest BCUT2D eigenvalue weighted by molar-refractivity contribution is 0.150. The largest absolute Gasteiger partial charge is 0.445 e. The van der Waals surface area contributed by atoms with Crippen LogP contribution >= 0.6 is 0 Å². The van der Waals surface area contributed by atoms with E-state index in [0.29, 0.717) is 0 Å². The van der Waals surface area contributed by atoms with Gasteiger partial charge in [-0.2, -0.15) is 5.10 Å². The Balaban J connectivity index is 0.000000212. The molecule has 0 radical (unpaired) electrons. The molecule has 5 heteroatoms. The molecule has 0 bridgehead atoms. The predicted molar refractivity (Wildman–Crippen MR) is 59.4 cm³/mol. The highest BCUT2D eigenvalue weighted by Gasteiger charge is 1.93. The summed E-state index contributed by atoms with van der Waals surface area (Å²) < 4.78 is 4.57. The molecule has 1 heterocycles. The van der Waals surface area contributed by atoms with Gasteiger partial charge in [-0.05, 0) is 11.6 Å². The van der Waals surface area contributed by atoms with Crippen molar-refractivity contribution < 1.29 is 9.53 Å². The number of ether oxygens (including phenoxy) is 1. The minimum absolute atomic E-state index is 0.246. The SMILES string of the molecule is NC(=O)OCc1ccccc1.c1cn[nH]c1. The van der Waals surface area contributed by atoms with Gasteiger partial charge in [0.1, 0.15) is 6.61 Å². The number of nitrogens with two attached hydrogens (primary N) is 1. The first-order valence-electron chi connectivity index (χ1n) is 4.69. The van der Waals surface area contributed by atoms with E-state index in [-0.39, 0.29) is 6.61 Å². The molecular formula is C11H13N3O2. The van der Waals surface area contributed by atoms with Gasteiger partial charge in [-0.15, -0.1) is 0 Å². The van der Waals surface area contributed by atoms with Crippen molar-refractivity contribution in [3.8, 4) is 0 Å². The summed E-state index contributed by atoms with van der Waals surface area (Å²) in [5.41, 5.74) is 5.72. The molecule has 0 aliphatic heterocycles. The van der Waals surface area contributed by atoms with Crippen LogP contribution in [0.25, 0.3) is 0 Å². The van der Waals surface area contributed by atoms with Crippen LogP contribution in [0.2, 0.25) is 0 Å². The summed E-state index contributed by atoms with van der Waals surface area (Å²) in [6.07, 6.45) is 2.72. The number of amides is 1. The van der Waals surface area contributed by atoms with Gasteiger partial charge in [-0.25, -0.2) is 4.79 Å². The minimum Gasteiger partial charge on any atom is -0.445 e. The summed E-state index contributed by atoms with van der Waals surface area (Å²) in [5.74, 6) is 0. The Morgan fingerprint density at radius 3 is 2.50 bits per heavy atom.